The Morgan fingerprint density at radius 2 is 1.96 bits per heavy atom. The molecule has 26 heavy (non-hydrogen) atoms. The van der Waals surface area contributed by atoms with Crippen LogP contribution in [0.3, 0.4) is 0 Å². The molecule has 2 amide bonds. The summed E-state index contributed by atoms with van der Waals surface area (Å²) in [6.45, 7) is 2.62. The summed E-state index contributed by atoms with van der Waals surface area (Å²) in [5.41, 5.74) is 1.07. The van der Waals surface area contributed by atoms with Crippen molar-refractivity contribution in [3.8, 4) is 0 Å². The number of fused-ring (bicyclic) bond motifs is 1. The Morgan fingerprint density at radius 3 is 2.65 bits per heavy atom. The first-order chi connectivity index (χ1) is 12.5. The van der Waals surface area contributed by atoms with Gasteiger partial charge in [-0.25, -0.2) is 9.18 Å². The van der Waals surface area contributed by atoms with E-state index in [2.05, 4.69) is 10.3 Å². The molecule has 0 radical (unpaired) electrons. The number of amides is 2. The lowest BCUT2D eigenvalue weighted by atomic mass is 10.1. The summed E-state index contributed by atoms with van der Waals surface area (Å²) < 4.78 is 13.2. The van der Waals surface area contributed by atoms with Gasteiger partial charge in [0.15, 0.2) is 0 Å². The zero-order valence-electron chi connectivity index (χ0n) is 14.1. The number of nitrogens with one attached hydrogen (secondary N) is 2. The van der Waals surface area contributed by atoms with Gasteiger partial charge >= 0.3 is 6.03 Å². The van der Waals surface area contributed by atoms with Crippen LogP contribution in [0.1, 0.15) is 12.5 Å². The topological polar surface area (TPSA) is 65.2 Å². The van der Waals surface area contributed by atoms with Gasteiger partial charge in [0.25, 0.3) is 5.56 Å². The lowest BCUT2D eigenvalue weighted by Gasteiger charge is -2.22. The number of hydrogen-bond donors (Lipinski definition) is 2. The average Bonchev–Trinajstić information content (AvgIpc) is 2.64. The summed E-state index contributed by atoms with van der Waals surface area (Å²) in [5.74, 6) is -0.545. The molecule has 0 unspecified atom stereocenters. The summed E-state index contributed by atoms with van der Waals surface area (Å²) in [7, 11) is 0. The Labute approximate surface area is 154 Å². The fraction of sp³-hybridized carbons (Fsp3) is 0.158. The van der Waals surface area contributed by atoms with E-state index >= 15 is 0 Å². The van der Waals surface area contributed by atoms with Crippen LogP contribution in [-0.4, -0.2) is 22.5 Å². The first-order valence-electron chi connectivity index (χ1n) is 8.10. The fourth-order valence-electron chi connectivity index (χ4n) is 2.71. The number of benzene rings is 2. The molecule has 1 heterocycles. The zero-order valence-corrected chi connectivity index (χ0v) is 14.8. The van der Waals surface area contributed by atoms with E-state index in [1.54, 1.807) is 23.2 Å². The molecule has 0 fully saturated rings. The van der Waals surface area contributed by atoms with Crippen molar-refractivity contribution in [1.82, 2.24) is 9.88 Å². The van der Waals surface area contributed by atoms with E-state index in [4.69, 9.17) is 11.6 Å². The quantitative estimate of drug-likeness (QED) is 0.713. The highest BCUT2D eigenvalue weighted by atomic mass is 35.5. The van der Waals surface area contributed by atoms with E-state index in [-0.39, 0.29) is 16.6 Å². The minimum Gasteiger partial charge on any atom is -0.328 e. The van der Waals surface area contributed by atoms with Gasteiger partial charge in [-0.2, -0.15) is 0 Å². The van der Waals surface area contributed by atoms with Crippen LogP contribution < -0.4 is 10.9 Å². The SMILES string of the molecule is CCN(Cc1c[nH]c(=O)c2ccccc12)C(=O)Nc1ccc(F)c(Cl)c1. The number of urea groups is 1. The maximum absolute atomic E-state index is 13.2. The van der Waals surface area contributed by atoms with Gasteiger partial charge in [0.1, 0.15) is 5.82 Å². The Morgan fingerprint density at radius 1 is 1.23 bits per heavy atom. The van der Waals surface area contributed by atoms with E-state index in [0.29, 0.717) is 24.2 Å². The van der Waals surface area contributed by atoms with Gasteiger partial charge in [-0.15, -0.1) is 0 Å². The van der Waals surface area contributed by atoms with Crippen LogP contribution in [0.4, 0.5) is 14.9 Å². The molecule has 134 valence electrons. The van der Waals surface area contributed by atoms with Crippen LogP contribution in [-0.2, 0) is 6.54 Å². The van der Waals surface area contributed by atoms with Crippen molar-refractivity contribution in [3.05, 3.63) is 75.4 Å². The number of aromatic amines is 1. The number of carbonyl (C=O) groups is 1. The molecular weight excluding hydrogens is 357 g/mol. The van der Waals surface area contributed by atoms with Gasteiger partial charge < -0.3 is 15.2 Å². The van der Waals surface area contributed by atoms with E-state index < -0.39 is 5.82 Å². The molecule has 3 rings (SSSR count). The maximum atomic E-state index is 13.2. The molecule has 0 atom stereocenters. The largest absolute Gasteiger partial charge is 0.328 e. The van der Waals surface area contributed by atoms with Crippen molar-refractivity contribution in [1.29, 1.82) is 0 Å². The Kier molecular flexibility index (Phi) is 5.23. The molecule has 0 aliphatic rings. The third kappa shape index (κ3) is 3.70. The van der Waals surface area contributed by atoms with Crippen molar-refractivity contribution in [2.75, 3.05) is 11.9 Å². The minimum atomic E-state index is -0.545. The molecule has 1 aromatic heterocycles. The second-order valence-corrected chi connectivity index (χ2v) is 6.17. The van der Waals surface area contributed by atoms with Crippen LogP contribution in [0.25, 0.3) is 10.8 Å². The highest BCUT2D eigenvalue weighted by Crippen LogP contribution is 2.20. The molecular formula is C19H17ClFN3O2. The Bertz CT molecular complexity index is 1020. The van der Waals surface area contributed by atoms with Crippen molar-refractivity contribution in [2.45, 2.75) is 13.5 Å². The third-order valence-electron chi connectivity index (χ3n) is 4.10. The number of H-pyrrole nitrogens is 1. The van der Waals surface area contributed by atoms with Crippen LogP contribution in [0.2, 0.25) is 5.02 Å². The summed E-state index contributed by atoms with van der Waals surface area (Å²) in [6, 6.07) is 10.9. The van der Waals surface area contributed by atoms with Crippen molar-refractivity contribution < 1.29 is 9.18 Å². The van der Waals surface area contributed by atoms with Gasteiger partial charge in [-0.1, -0.05) is 29.8 Å². The zero-order chi connectivity index (χ0) is 18.7. The summed E-state index contributed by atoms with van der Waals surface area (Å²) in [4.78, 5) is 28.8. The highest BCUT2D eigenvalue weighted by molar-refractivity contribution is 6.31. The van der Waals surface area contributed by atoms with Gasteiger partial charge in [0.2, 0.25) is 0 Å². The lowest BCUT2D eigenvalue weighted by molar-refractivity contribution is 0.212. The monoisotopic (exact) mass is 373 g/mol. The molecule has 0 aliphatic carbocycles. The summed E-state index contributed by atoms with van der Waals surface area (Å²) in [6.07, 6.45) is 1.62. The average molecular weight is 374 g/mol. The number of aromatic nitrogens is 1. The highest BCUT2D eigenvalue weighted by Gasteiger charge is 2.15. The smallest absolute Gasteiger partial charge is 0.322 e. The molecule has 0 aliphatic heterocycles. The van der Waals surface area contributed by atoms with Gasteiger partial charge in [-0.05, 0) is 42.1 Å². The van der Waals surface area contributed by atoms with E-state index in [9.17, 15) is 14.0 Å². The second-order valence-electron chi connectivity index (χ2n) is 5.76. The fourth-order valence-corrected chi connectivity index (χ4v) is 2.89. The number of hydrogen-bond acceptors (Lipinski definition) is 2. The first kappa shape index (κ1) is 17.9. The van der Waals surface area contributed by atoms with Crippen LogP contribution in [0.15, 0.2) is 53.5 Å². The van der Waals surface area contributed by atoms with Crippen LogP contribution >= 0.6 is 11.6 Å². The van der Waals surface area contributed by atoms with Crippen molar-refractivity contribution in [3.63, 3.8) is 0 Å². The standard InChI is InChI=1S/C19H17ClFN3O2/c1-2-24(19(26)23-13-7-8-17(21)16(20)9-13)11-12-10-22-18(25)15-6-4-3-5-14(12)15/h3-10H,2,11H2,1H3,(H,22,25)(H,23,26). The number of carbonyl (C=O) groups excluding carboxylic acids is 1. The van der Waals surface area contributed by atoms with Crippen LogP contribution in [0.5, 0.6) is 0 Å². The number of anilines is 1. The first-order valence-corrected chi connectivity index (χ1v) is 8.47. The van der Waals surface area contributed by atoms with Crippen LogP contribution in [0, 0.1) is 5.82 Å². The Balaban J connectivity index is 1.83. The number of nitrogens with zero attached hydrogens (tertiary/aromatic N) is 1. The molecule has 2 N–H and O–H groups in total. The van der Waals surface area contributed by atoms with Gasteiger partial charge in [0, 0.05) is 30.4 Å². The van der Waals surface area contributed by atoms with Crippen molar-refractivity contribution >= 4 is 34.1 Å². The molecule has 0 spiro atoms. The normalized spacial score (nSPS) is 10.7. The molecule has 0 saturated carbocycles. The van der Waals surface area contributed by atoms with Gasteiger partial charge in [-0.3, -0.25) is 4.79 Å². The lowest BCUT2D eigenvalue weighted by Crippen LogP contribution is -2.34. The predicted octanol–water partition coefficient (Wildman–Crippen LogP) is 4.37. The molecule has 2 aromatic carbocycles. The second kappa shape index (κ2) is 7.58. The number of pyridine rings is 1. The minimum absolute atomic E-state index is 0.0579. The molecule has 0 bridgehead atoms. The number of halogens is 2. The van der Waals surface area contributed by atoms with Gasteiger partial charge in [0.05, 0.1) is 5.02 Å². The molecule has 5 nitrogen and oxygen atoms in total. The molecule has 0 saturated heterocycles. The molecule has 3 aromatic rings. The van der Waals surface area contributed by atoms with E-state index in [1.807, 2.05) is 19.1 Å². The van der Waals surface area contributed by atoms with E-state index in [1.165, 1.54) is 18.2 Å². The molecule has 7 heteroatoms. The summed E-state index contributed by atoms with van der Waals surface area (Å²) >= 11 is 5.75. The number of rotatable bonds is 4. The summed E-state index contributed by atoms with van der Waals surface area (Å²) in [5, 5.41) is 4.02. The maximum Gasteiger partial charge on any atom is 0.322 e. The predicted molar refractivity (Wildman–Crippen MR) is 101 cm³/mol. The van der Waals surface area contributed by atoms with E-state index in [0.717, 1.165) is 10.9 Å². The third-order valence-corrected chi connectivity index (χ3v) is 4.39. The van der Waals surface area contributed by atoms with Crippen molar-refractivity contribution in [2.24, 2.45) is 0 Å². The Hall–Kier alpha value is -2.86.